The number of ether oxygens (including phenoxy) is 4. The van der Waals surface area contributed by atoms with Gasteiger partial charge in [-0.15, -0.1) is 0 Å². The van der Waals surface area contributed by atoms with Gasteiger partial charge in [0.15, 0.2) is 23.6 Å². The van der Waals surface area contributed by atoms with Crippen LogP contribution in [0.2, 0.25) is 0 Å². The fraction of sp³-hybridized carbons (Fsp3) is 0.750. The molecule has 0 unspecified atom stereocenters. The topological polar surface area (TPSA) is 125 Å². The summed E-state index contributed by atoms with van der Waals surface area (Å²) in [4.78, 5) is 45.9. The maximum absolute atomic E-state index is 11.7. The Morgan fingerprint density at radius 1 is 1.12 bits per heavy atom. The summed E-state index contributed by atoms with van der Waals surface area (Å²) in [6.07, 6.45) is -2.40. The first-order valence-corrected chi connectivity index (χ1v) is 8.03. The monoisotopic (exact) mass is 358 g/mol. The number of carbonyl (C=O) groups excluding carboxylic acids is 4. The van der Waals surface area contributed by atoms with E-state index in [0.717, 1.165) is 20.8 Å². The highest BCUT2D eigenvalue weighted by atomic mass is 16.7. The van der Waals surface area contributed by atoms with Gasteiger partial charge in [0, 0.05) is 20.8 Å². The van der Waals surface area contributed by atoms with Crippen molar-refractivity contribution in [2.45, 2.75) is 76.2 Å². The number of aliphatic hydroxyl groups is 1. The average molecular weight is 358 g/mol. The second-order valence-corrected chi connectivity index (χ2v) is 6.32. The third-order valence-electron chi connectivity index (χ3n) is 4.54. The molecule has 2 fully saturated rings. The van der Waals surface area contributed by atoms with Crippen molar-refractivity contribution in [2.75, 3.05) is 0 Å². The molecular formula is C16H22O9. The first kappa shape index (κ1) is 19.3. The third kappa shape index (κ3) is 3.38. The van der Waals surface area contributed by atoms with E-state index in [-0.39, 0.29) is 12.8 Å². The zero-order chi connectivity index (χ0) is 18.8. The Morgan fingerprint density at radius 3 is 2.28 bits per heavy atom. The Bertz CT molecular complexity index is 574. The molecule has 0 spiro atoms. The SMILES string of the molecule is CC(=O)O[C@@H]1O[C@@H]([C@H](C=O)OC(C)=O)[C@]2(OC(C)=O)CCCC[C@@]12O. The molecule has 0 aromatic rings. The van der Waals surface area contributed by atoms with Crippen molar-refractivity contribution in [3.63, 3.8) is 0 Å². The van der Waals surface area contributed by atoms with Gasteiger partial charge in [-0.2, -0.15) is 0 Å². The minimum absolute atomic E-state index is 0.125. The van der Waals surface area contributed by atoms with E-state index in [2.05, 4.69) is 0 Å². The maximum Gasteiger partial charge on any atom is 0.305 e. The zero-order valence-electron chi connectivity index (χ0n) is 14.4. The second-order valence-electron chi connectivity index (χ2n) is 6.32. The van der Waals surface area contributed by atoms with Gasteiger partial charge in [0.25, 0.3) is 0 Å². The van der Waals surface area contributed by atoms with Crippen molar-refractivity contribution in [3.8, 4) is 0 Å². The Kier molecular flexibility index (Phi) is 5.48. The van der Waals surface area contributed by atoms with Gasteiger partial charge >= 0.3 is 17.9 Å². The van der Waals surface area contributed by atoms with Crippen LogP contribution in [0, 0.1) is 0 Å². The normalized spacial score (nSPS) is 35.2. The van der Waals surface area contributed by atoms with E-state index in [1.807, 2.05) is 0 Å². The lowest BCUT2D eigenvalue weighted by Gasteiger charge is -2.46. The number of hydrogen-bond acceptors (Lipinski definition) is 9. The van der Waals surface area contributed by atoms with Crippen LogP contribution in [0.1, 0.15) is 46.5 Å². The van der Waals surface area contributed by atoms with Crippen LogP contribution < -0.4 is 0 Å². The summed E-state index contributed by atoms with van der Waals surface area (Å²) in [7, 11) is 0. The number of esters is 3. The number of rotatable bonds is 5. The lowest BCUT2D eigenvalue weighted by molar-refractivity contribution is -0.232. The Morgan fingerprint density at radius 2 is 1.76 bits per heavy atom. The molecule has 2 rings (SSSR count). The first-order chi connectivity index (χ1) is 11.7. The number of carbonyl (C=O) groups is 4. The van der Waals surface area contributed by atoms with E-state index in [1.54, 1.807) is 0 Å². The lowest BCUT2D eigenvalue weighted by Crippen LogP contribution is -2.65. The molecule has 9 heteroatoms. The Hall–Kier alpha value is -2.00. The molecule has 5 atom stereocenters. The fourth-order valence-electron chi connectivity index (χ4n) is 3.70. The molecule has 1 heterocycles. The molecular weight excluding hydrogens is 336 g/mol. The molecule has 0 bridgehead atoms. The smallest absolute Gasteiger partial charge is 0.305 e. The summed E-state index contributed by atoms with van der Waals surface area (Å²) in [5, 5.41) is 11.2. The largest absolute Gasteiger partial charge is 0.453 e. The van der Waals surface area contributed by atoms with Crippen molar-refractivity contribution in [3.05, 3.63) is 0 Å². The molecule has 2 aliphatic rings. The van der Waals surface area contributed by atoms with Gasteiger partial charge < -0.3 is 24.1 Å². The average Bonchev–Trinajstić information content (AvgIpc) is 2.73. The van der Waals surface area contributed by atoms with Gasteiger partial charge in [-0.05, 0) is 19.3 Å². The van der Waals surface area contributed by atoms with Crippen molar-refractivity contribution in [1.29, 1.82) is 0 Å². The first-order valence-electron chi connectivity index (χ1n) is 8.03. The standard InChI is InChI=1S/C16H22O9/c1-9(18)22-12(8-17)13-16(25-11(3)20)7-5-4-6-15(16,21)14(24-13)23-10(2)19/h8,12-14,21H,4-7H2,1-3H3/t12-,13-,14+,15+,16+/m0/s1. The molecule has 1 saturated heterocycles. The quantitative estimate of drug-likeness (QED) is 0.411. The maximum atomic E-state index is 11.7. The van der Waals surface area contributed by atoms with Gasteiger partial charge in [0.1, 0.15) is 6.10 Å². The summed E-state index contributed by atoms with van der Waals surface area (Å²) in [6.45, 7) is 3.40. The minimum atomic E-state index is -1.85. The molecule has 9 nitrogen and oxygen atoms in total. The van der Waals surface area contributed by atoms with E-state index in [0.29, 0.717) is 19.1 Å². The van der Waals surface area contributed by atoms with Crippen molar-refractivity contribution in [1.82, 2.24) is 0 Å². The second kappa shape index (κ2) is 7.09. The molecule has 0 aromatic heterocycles. The molecule has 140 valence electrons. The van der Waals surface area contributed by atoms with Crippen LogP contribution in [-0.4, -0.2) is 59.0 Å². The molecule has 0 radical (unpaired) electrons. The Labute approximate surface area is 144 Å². The fourth-order valence-corrected chi connectivity index (χ4v) is 3.70. The van der Waals surface area contributed by atoms with Gasteiger partial charge in [0.05, 0.1) is 0 Å². The molecule has 25 heavy (non-hydrogen) atoms. The Balaban J connectivity index is 2.51. The molecule has 1 aliphatic heterocycles. The third-order valence-corrected chi connectivity index (χ3v) is 4.54. The highest BCUT2D eigenvalue weighted by molar-refractivity contribution is 5.71. The molecule has 1 saturated carbocycles. The van der Waals surface area contributed by atoms with Gasteiger partial charge in [-0.3, -0.25) is 19.2 Å². The van der Waals surface area contributed by atoms with Crippen molar-refractivity contribution < 1.29 is 43.2 Å². The number of aldehydes is 1. The molecule has 1 N–H and O–H groups in total. The lowest BCUT2D eigenvalue weighted by atomic mass is 9.69. The number of fused-ring (bicyclic) bond motifs is 1. The summed E-state index contributed by atoms with van der Waals surface area (Å²) in [5.74, 6) is -2.16. The van der Waals surface area contributed by atoms with Crippen molar-refractivity contribution in [2.24, 2.45) is 0 Å². The van der Waals surface area contributed by atoms with Gasteiger partial charge in [-0.1, -0.05) is 6.42 Å². The van der Waals surface area contributed by atoms with E-state index < -0.39 is 47.6 Å². The summed E-state index contributed by atoms with van der Waals surface area (Å²) in [6, 6.07) is 0. The van der Waals surface area contributed by atoms with E-state index in [1.165, 1.54) is 0 Å². The number of hydrogen-bond donors (Lipinski definition) is 1. The highest BCUT2D eigenvalue weighted by Gasteiger charge is 2.72. The van der Waals surface area contributed by atoms with Crippen LogP contribution in [0.15, 0.2) is 0 Å². The zero-order valence-corrected chi connectivity index (χ0v) is 14.4. The van der Waals surface area contributed by atoms with Crippen LogP contribution >= 0.6 is 0 Å². The van der Waals surface area contributed by atoms with Crippen LogP contribution in [0.3, 0.4) is 0 Å². The summed E-state index contributed by atoms with van der Waals surface area (Å²) >= 11 is 0. The predicted octanol–water partition coefficient (Wildman–Crippen LogP) is 0.0120. The van der Waals surface area contributed by atoms with E-state index >= 15 is 0 Å². The van der Waals surface area contributed by atoms with Gasteiger partial charge in [0.2, 0.25) is 6.29 Å². The minimum Gasteiger partial charge on any atom is -0.453 e. The highest BCUT2D eigenvalue weighted by Crippen LogP contribution is 2.53. The van der Waals surface area contributed by atoms with Crippen LogP contribution in [0.4, 0.5) is 0 Å². The summed E-state index contributed by atoms with van der Waals surface area (Å²) in [5.41, 5.74) is -3.52. The molecule has 0 aromatic carbocycles. The van der Waals surface area contributed by atoms with Crippen LogP contribution in [-0.2, 0) is 38.1 Å². The van der Waals surface area contributed by atoms with E-state index in [9.17, 15) is 24.3 Å². The van der Waals surface area contributed by atoms with Gasteiger partial charge in [-0.25, -0.2) is 0 Å². The predicted molar refractivity (Wildman–Crippen MR) is 80.0 cm³/mol. The summed E-state index contributed by atoms with van der Waals surface area (Å²) < 4.78 is 21.1. The van der Waals surface area contributed by atoms with Crippen LogP contribution in [0.25, 0.3) is 0 Å². The van der Waals surface area contributed by atoms with E-state index in [4.69, 9.17) is 18.9 Å². The van der Waals surface area contributed by atoms with Crippen molar-refractivity contribution >= 4 is 24.2 Å². The molecule has 1 aliphatic carbocycles. The van der Waals surface area contributed by atoms with Crippen LogP contribution in [0.5, 0.6) is 0 Å². The molecule has 0 amide bonds.